The fourth-order valence-corrected chi connectivity index (χ4v) is 4.24. The Hall–Kier alpha value is -2.51. The number of rotatable bonds is 5. The Morgan fingerprint density at radius 1 is 1.33 bits per heavy atom. The molecule has 8 heteroatoms. The lowest BCUT2D eigenvalue weighted by atomic mass is 9.98. The highest BCUT2D eigenvalue weighted by Crippen LogP contribution is 2.39. The second-order valence-corrected chi connectivity index (χ2v) is 8.34. The number of hydrogen-bond acceptors (Lipinski definition) is 6. The molecule has 1 aromatic carbocycles. The van der Waals surface area contributed by atoms with E-state index in [-0.39, 0.29) is 5.91 Å². The predicted octanol–water partition coefficient (Wildman–Crippen LogP) is 3.34. The number of carbonyl (C=O) groups excluding carboxylic acids is 1. The maximum atomic E-state index is 12.6. The zero-order valence-electron chi connectivity index (χ0n) is 17.4. The first kappa shape index (κ1) is 20.8. The molecule has 0 spiro atoms. The van der Waals surface area contributed by atoms with E-state index in [0.717, 1.165) is 55.3 Å². The van der Waals surface area contributed by atoms with Gasteiger partial charge in [-0.25, -0.2) is 15.0 Å². The van der Waals surface area contributed by atoms with Gasteiger partial charge in [0.25, 0.3) is 5.91 Å². The number of nitrogens with zero attached hydrogens (tertiary/aromatic N) is 4. The van der Waals surface area contributed by atoms with Gasteiger partial charge in [0, 0.05) is 23.8 Å². The summed E-state index contributed by atoms with van der Waals surface area (Å²) in [7, 11) is 0. The van der Waals surface area contributed by atoms with Gasteiger partial charge in [0.1, 0.15) is 17.7 Å². The van der Waals surface area contributed by atoms with Gasteiger partial charge < -0.3 is 15.5 Å². The normalized spacial score (nSPS) is 17.2. The van der Waals surface area contributed by atoms with Gasteiger partial charge >= 0.3 is 0 Å². The number of carbonyl (C=O) groups is 1. The monoisotopic (exact) mass is 426 g/mol. The molecule has 0 bridgehead atoms. The number of halogens is 1. The summed E-state index contributed by atoms with van der Waals surface area (Å²) in [6, 6.07) is 5.89. The quantitative estimate of drug-likeness (QED) is 0.716. The van der Waals surface area contributed by atoms with Gasteiger partial charge in [0.2, 0.25) is 0 Å². The molecule has 2 N–H and O–H groups in total. The SMILES string of the molecule is C/C(=N\c1c(C)ncnc1N1CCc2cc(Cl)ccc21)C(=O)NCC1CCNCC1. The molecule has 2 aromatic rings. The van der Waals surface area contributed by atoms with Crippen LogP contribution in [0.1, 0.15) is 31.0 Å². The van der Waals surface area contributed by atoms with Crippen molar-refractivity contribution < 1.29 is 4.79 Å². The van der Waals surface area contributed by atoms with Gasteiger partial charge in [-0.15, -0.1) is 0 Å². The number of anilines is 2. The molecule has 1 amide bonds. The zero-order chi connectivity index (χ0) is 21.1. The number of amides is 1. The van der Waals surface area contributed by atoms with E-state index in [1.54, 1.807) is 13.3 Å². The number of nitrogens with one attached hydrogen (secondary N) is 2. The fourth-order valence-electron chi connectivity index (χ4n) is 4.04. The Kier molecular flexibility index (Phi) is 6.29. The number of hydrogen-bond donors (Lipinski definition) is 2. The summed E-state index contributed by atoms with van der Waals surface area (Å²) in [5.41, 5.74) is 4.05. The van der Waals surface area contributed by atoms with Crippen LogP contribution in [0.3, 0.4) is 0 Å². The second kappa shape index (κ2) is 9.10. The van der Waals surface area contributed by atoms with Gasteiger partial charge in [0.15, 0.2) is 5.82 Å². The molecule has 2 aliphatic heterocycles. The van der Waals surface area contributed by atoms with Crippen LogP contribution >= 0.6 is 11.6 Å². The van der Waals surface area contributed by atoms with E-state index < -0.39 is 0 Å². The maximum absolute atomic E-state index is 12.6. The van der Waals surface area contributed by atoms with Crippen molar-refractivity contribution in [2.24, 2.45) is 10.9 Å². The van der Waals surface area contributed by atoms with Crippen molar-refractivity contribution in [2.75, 3.05) is 31.1 Å². The number of piperidine rings is 1. The van der Waals surface area contributed by atoms with Crippen LogP contribution in [0.2, 0.25) is 5.02 Å². The smallest absolute Gasteiger partial charge is 0.265 e. The van der Waals surface area contributed by atoms with Crippen LogP contribution in [0.5, 0.6) is 0 Å². The largest absolute Gasteiger partial charge is 0.351 e. The summed E-state index contributed by atoms with van der Waals surface area (Å²) >= 11 is 6.15. The fraction of sp³-hybridized carbons (Fsp3) is 0.455. The van der Waals surface area contributed by atoms with E-state index >= 15 is 0 Å². The third kappa shape index (κ3) is 4.47. The molecule has 0 radical (unpaired) electrons. The minimum absolute atomic E-state index is 0.142. The predicted molar refractivity (Wildman–Crippen MR) is 120 cm³/mol. The number of benzene rings is 1. The van der Waals surface area contributed by atoms with E-state index in [1.807, 2.05) is 25.1 Å². The Morgan fingerprint density at radius 2 is 2.13 bits per heavy atom. The highest BCUT2D eigenvalue weighted by Gasteiger charge is 2.25. The first-order valence-electron chi connectivity index (χ1n) is 10.4. The molecule has 158 valence electrons. The molecule has 0 atom stereocenters. The van der Waals surface area contributed by atoms with Crippen molar-refractivity contribution in [3.63, 3.8) is 0 Å². The van der Waals surface area contributed by atoms with E-state index in [1.165, 1.54) is 5.56 Å². The van der Waals surface area contributed by atoms with Crippen LogP contribution in [0, 0.1) is 12.8 Å². The molecular formula is C22H27ClN6O. The van der Waals surface area contributed by atoms with Crippen molar-refractivity contribution in [2.45, 2.75) is 33.1 Å². The van der Waals surface area contributed by atoms with E-state index in [9.17, 15) is 4.79 Å². The van der Waals surface area contributed by atoms with Crippen molar-refractivity contribution in [3.05, 3.63) is 40.8 Å². The molecule has 2 aliphatic rings. The molecule has 1 saturated heterocycles. The minimum Gasteiger partial charge on any atom is -0.351 e. The lowest BCUT2D eigenvalue weighted by molar-refractivity contribution is -0.115. The van der Waals surface area contributed by atoms with Crippen LogP contribution in [-0.2, 0) is 11.2 Å². The van der Waals surface area contributed by atoms with Crippen LogP contribution in [0.25, 0.3) is 0 Å². The first-order valence-corrected chi connectivity index (χ1v) is 10.8. The van der Waals surface area contributed by atoms with Gasteiger partial charge in [-0.3, -0.25) is 4.79 Å². The number of aromatic nitrogens is 2. The summed E-state index contributed by atoms with van der Waals surface area (Å²) in [6.45, 7) is 7.13. The zero-order valence-corrected chi connectivity index (χ0v) is 18.2. The summed E-state index contributed by atoms with van der Waals surface area (Å²) in [5, 5.41) is 7.11. The highest BCUT2D eigenvalue weighted by atomic mass is 35.5. The third-order valence-electron chi connectivity index (χ3n) is 5.80. The van der Waals surface area contributed by atoms with Crippen molar-refractivity contribution >= 4 is 40.4 Å². The summed E-state index contributed by atoms with van der Waals surface area (Å²) in [6.07, 6.45) is 4.61. The van der Waals surface area contributed by atoms with Gasteiger partial charge in [-0.1, -0.05) is 11.6 Å². The van der Waals surface area contributed by atoms with Crippen LogP contribution in [0.15, 0.2) is 29.5 Å². The lowest BCUT2D eigenvalue weighted by Crippen LogP contribution is -2.38. The summed E-state index contributed by atoms with van der Waals surface area (Å²) < 4.78 is 0. The average Bonchev–Trinajstić information content (AvgIpc) is 3.16. The molecule has 0 unspecified atom stereocenters. The van der Waals surface area contributed by atoms with Crippen molar-refractivity contribution in [1.29, 1.82) is 0 Å². The first-order chi connectivity index (χ1) is 14.5. The molecule has 0 saturated carbocycles. The minimum atomic E-state index is -0.142. The molecular weight excluding hydrogens is 400 g/mol. The maximum Gasteiger partial charge on any atom is 0.265 e. The third-order valence-corrected chi connectivity index (χ3v) is 6.03. The number of aliphatic imine (C=N–C) groups is 1. The lowest BCUT2D eigenvalue weighted by Gasteiger charge is -2.23. The summed E-state index contributed by atoms with van der Waals surface area (Å²) in [4.78, 5) is 28.2. The van der Waals surface area contributed by atoms with Gasteiger partial charge in [-0.2, -0.15) is 0 Å². The Bertz CT molecular complexity index is 970. The molecule has 4 rings (SSSR count). The van der Waals surface area contributed by atoms with Gasteiger partial charge in [-0.05, 0) is 75.9 Å². The average molecular weight is 427 g/mol. The van der Waals surface area contributed by atoms with Crippen LogP contribution < -0.4 is 15.5 Å². The molecule has 7 nitrogen and oxygen atoms in total. The van der Waals surface area contributed by atoms with Crippen molar-refractivity contribution in [3.8, 4) is 0 Å². The van der Waals surface area contributed by atoms with Crippen LogP contribution in [-0.4, -0.2) is 47.8 Å². The van der Waals surface area contributed by atoms with E-state index in [4.69, 9.17) is 11.6 Å². The second-order valence-electron chi connectivity index (χ2n) is 7.91. The molecule has 0 aliphatic carbocycles. The molecule has 1 aromatic heterocycles. The Morgan fingerprint density at radius 3 is 2.93 bits per heavy atom. The molecule has 3 heterocycles. The summed E-state index contributed by atoms with van der Waals surface area (Å²) in [5.74, 6) is 1.10. The molecule has 30 heavy (non-hydrogen) atoms. The van der Waals surface area contributed by atoms with Crippen molar-refractivity contribution in [1.82, 2.24) is 20.6 Å². The standard InChI is InChI=1S/C22H27ClN6O/c1-14-20(28-15(2)22(30)25-12-16-5-8-24-9-6-16)21(27-13-26-14)29-10-7-17-11-18(23)3-4-19(17)29/h3-4,11,13,16,24H,5-10,12H2,1-2H3,(H,25,30)/b28-15+. The topological polar surface area (TPSA) is 82.5 Å². The number of fused-ring (bicyclic) bond motifs is 1. The Labute approximate surface area is 182 Å². The van der Waals surface area contributed by atoms with Gasteiger partial charge in [0.05, 0.1) is 5.69 Å². The highest BCUT2D eigenvalue weighted by molar-refractivity contribution is 6.38. The van der Waals surface area contributed by atoms with Crippen LogP contribution in [0.4, 0.5) is 17.2 Å². The molecule has 1 fully saturated rings. The van der Waals surface area contributed by atoms with E-state index in [0.29, 0.717) is 29.7 Å². The Balaban J connectivity index is 1.55. The van der Waals surface area contributed by atoms with E-state index in [2.05, 4.69) is 30.5 Å². The number of aryl methyl sites for hydroxylation is 1.